The molecule has 2 atom stereocenters. The summed E-state index contributed by atoms with van der Waals surface area (Å²) in [6, 6.07) is 13.6. The normalized spacial score (nSPS) is 18.9. The molecule has 1 aromatic heterocycles. The van der Waals surface area contributed by atoms with Gasteiger partial charge in [0.25, 0.3) is 5.91 Å². The molecule has 3 rings (SSSR count). The molecule has 23 heavy (non-hydrogen) atoms. The van der Waals surface area contributed by atoms with Gasteiger partial charge in [0.05, 0.1) is 11.7 Å². The van der Waals surface area contributed by atoms with Gasteiger partial charge in [0.1, 0.15) is 5.03 Å². The zero-order valence-corrected chi connectivity index (χ0v) is 13.9. The number of hydrogen-bond acceptors (Lipinski definition) is 4. The van der Waals surface area contributed by atoms with E-state index in [0.29, 0.717) is 18.7 Å². The summed E-state index contributed by atoms with van der Waals surface area (Å²) in [4.78, 5) is 20.1. The number of aromatic nitrogens is 1. The predicted molar refractivity (Wildman–Crippen MR) is 90.5 cm³/mol. The second-order valence-electron chi connectivity index (χ2n) is 5.81. The molecule has 2 heterocycles. The molecular weight excluding hydrogens is 308 g/mol. The van der Waals surface area contributed by atoms with E-state index in [1.165, 1.54) is 11.8 Å². The Morgan fingerprint density at radius 1 is 1.30 bits per heavy atom. The first kappa shape index (κ1) is 16.0. The van der Waals surface area contributed by atoms with E-state index in [1.807, 2.05) is 41.3 Å². The van der Waals surface area contributed by atoms with Gasteiger partial charge in [-0.05, 0) is 37.6 Å². The Labute approximate surface area is 140 Å². The predicted octanol–water partition coefficient (Wildman–Crippen LogP) is 3.08. The summed E-state index contributed by atoms with van der Waals surface area (Å²) in [7, 11) is 0. The lowest BCUT2D eigenvalue weighted by atomic mass is 10.0. The molecule has 0 saturated carbocycles. The first-order valence-electron chi connectivity index (χ1n) is 7.80. The molecule has 2 aromatic rings. The third kappa shape index (κ3) is 3.74. The summed E-state index contributed by atoms with van der Waals surface area (Å²) >= 11 is 1.50. The van der Waals surface area contributed by atoms with Crippen molar-refractivity contribution in [2.24, 2.45) is 5.92 Å². The molecule has 1 aliphatic heterocycles. The van der Waals surface area contributed by atoms with Crippen molar-refractivity contribution in [3.05, 3.63) is 54.2 Å². The van der Waals surface area contributed by atoms with E-state index in [0.717, 1.165) is 16.3 Å². The molecular formula is C18H20N2O2S. The summed E-state index contributed by atoms with van der Waals surface area (Å²) in [5.41, 5.74) is 0.632. The van der Waals surface area contributed by atoms with Gasteiger partial charge in [-0.2, -0.15) is 0 Å². The van der Waals surface area contributed by atoms with Crippen LogP contribution < -0.4 is 0 Å². The maximum atomic E-state index is 12.8. The number of hydrogen-bond donors (Lipinski definition) is 1. The van der Waals surface area contributed by atoms with E-state index in [-0.39, 0.29) is 17.9 Å². The molecule has 1 fully saturated rings. The van der Waals surface area contributed by atoms with Gasteiger partial charge >= 0.3 is 0 Å². The summed E-state index contributed by atoms with van der Waals surface area (Å²) in [5.74, 6) is 0.167. The Kier molecular flexibility index (Phi) is 4.98. The molecule has 1 saturated heterocycles. The topological polar surface area (TPSA) is 53.4 Å². The lowest BCUT2D eigenvalue weighted by molar-refractivity contribution is 0.0758. The van der Waals surface area contributed by atoms with Crippen molar-refractivity contribution in [1.82, 2.24) is 9.88 Å². The van der Waals surface area contributed by atoms with Gasteiger partial charge < -0.3 is 10.0 Å². The van der Waals surface area contributed by atoms with E-state index < -0.39 is 0 Å². The Morgan fingerprint density at radius 3 is 2.78 bits per heavy atom. The average Bonchev–Trinajstić information content (AvgIpc) is 3.06. The summed E-state index contributed by atoms with van der Waals surface area (Å²) in [6.45, 7) is 3.10. The van der Waals surface area contributed by atoms with E-state index in [1.54, 1.807) is 19.2 Å². The van der Waals surface area contributed by atoms with Crippen LogP contribution >= 0.6 is 11.8 Å². The molecule has 0 spiro atoms. The van der Waals surface area contributed by atoms with Crippen molar-refractivity contribution < 1.29 is 9.90 Å². The number of amides is 1. The van der Waals surface area contributed by atoms with Gasteiger partial charge in [0.15, 0.2) is 0 Å². The molecule has 4 nitrogen and oxygen atoms in total. The van der Waals surface area contributed by atoms with Crippen LogP contribution in [0.3, 0.4) is 0 Å². The second kappa shape index (κ2) is 7.15. The van der Waals surface area contributed by atoms with Gasteiger partial charge in [0, 0.05) is 30.1 Å². The maximum absolute atomic E-state index is 12.8. The molecule has 1 aromatic carbocycles. The number of aliphatic hydroxyl groups excluding tert-OH is 1. The minimum atomic E-state index is -0.375. The Hall–Kier alpha value is -1.85. The Morgan fingerprint density at radius 2 is 2.09 bits per heavy atom. The van der Waals surface area contributed by atoms with Crippen molar-refractivity contribution >= 4 is 17.7 Å². The highest BCUT2D eigenvalue weighted by Gasteiger charge is 2.30. The summed E-state index contributed by atoms with van der Waals surface area (Å²) < 4.78 is 0. The molecule has 1 N–H and O–H groups in total. The van der Waals surface area contributed by atoms with Crippen molar-refractivity contribution in [1.29, 1.82) is 0 Å². The van der Waals surface area contributed by atoms with Gasteiger partial charge in [-0.1, -0.05) is 30.0 Å². The van der Waals surface area contributed by atoms with Crippen molar-refractivity contribution in [3.63, 3.8) is 0 Å². The minimum Gasteiger partial charge on any atom is -0.393 e. The number of carbonyl (C=O) groups excluding carboxylic acids is 1. The fourth-order valence-electron chi connectivity index (χ4n) is 2.77. The molecule has 5 heteroatoms. The number of pyridine rings is 1. The van der Waals surface area contributed by atoms with Gasteiger partial charge in [-0.3, -0.25) is 4.79 Å². The van der Waals surface area contributed by atoms with Crippen LogP contribution in [0, 0.1) is 5.92 Å². The largest absolute Gasteiger partial charge is 0.393 e. The van der Waals surface area contributed by atoms with Crippen molar-refractivity contribution in [2.75, 3.05) is 13.1 Å². The second-order valence-corrected chi connectivity index (χ2v) is 6.87. The number of benzene rings is 1. The van der Waals surface area contributed by atoms with E-state index in [9.17, 15) is 9.90 Å². The lowest BCUT2D eigenvalue weighted by Crippen LogP contribution is -2.30. The van der Waals surface area contributed by atoms with Crippen LogP contribution in [0.4, 0.5) is 0 Å². The van der Waals surface area contributed by atoms with E-state index >= 15 is 0 Å². The quantitative estimate of drug-likeness (QED) is 0.937. The van der Waals surface area contributed by atoms with E-state index in [2.05, 4.69) is 4.98 Å². The first-order valence-corrected chi connectivity index (χ1v) is 8.62. The third-order valence-electron chi connectivity index (χ3n) is 4.15. The highest BCUT2D eigenvalue weighted by atomic mass is 32.2. The van der Waals surface area contributed by atoms with Crippen LogP contribution in [0.2, 0.25) is 0 Å². The van der Waals surface area contributed by atoms with Gasteiger partial charge in [0.2, 0.25) is 0 Å². The number of aliphatic hydroxyl groups is 1. The number of nitrogens with zero attached hydrogens (tertiary/aromatic N) is 2. The minimum absolute atomic E-state index is 0.000295. The SMILES string of the molecule is CC(O)C1CCN(C(=O)c2cccnc2Sc2ccccc2)C1. The standard InChI is InChI=1S/C18H20N2O2S/c1-13(21)14-9-11-20(12-14)18(22)16-8-5-10-19-17(16)23-15-6-3-2-4-7-15/h2-8,10,13-14,21H,9,11-12H2,1H3. The van der Waals surface area contributed by atoms with Crippen LogP contribution in [-0.2, 0) is 0 Å². The fraction of sp³-hybridized carbons (Fsp3) is 0.333. The Balaban J connectivity index is 1.79. The first-order chi connectivity index (χ1) is 11.1. The maximum Gasteiger partial charge on any atom is 0.256 e. The lowest BCUT2D eigenvalue weighted by Gasteiger charge is -2.19. The number of rotatable bonds is 4. The van der Waals surface area contributed by atoms with Crippen molar-refractivity contribution in [3.8, 4) is 0 Å². The zero-order chi connectivity index (χ0) is 16.2. The van der Waals surface area contributed by atoms with Gasteiger partial charge in [-0.15, -0.1) is 0 Å². The highest BCUT2D eigenvalue weighted by molar-refractivity contribution is 7.99. The zero-order valence-electron chi connectivity index (χ0n) is 13.1. The smallest absolute Gasteiger partial charge is 0.256 e. The summed E-state index contributed by atoms with van der Waals surface area (Å²) in [5, 5.41) is 10.4. The Bertz CT molecular complexity index is 676. The third-order valence-corrected chi connectivity index (χ3v) is 5.18. The van der Waals surface area contributed by atoms with Crippen LogP contribution in [0.5, 0.6) is 0 Å². The average molecular weight is 328 g/mol. The van der Waals surface area contributed by atoms with Crippen LogP contribution in [-0.4, -0.2) is 40.1 Å². The molecule has 0 radical (unpaired) electrons. The monoisotopic (exact) mass is 328 g/mol. The number of likely N-dealkylation sites (tertiary alicyclic amines) is 1. The van der Waals surface area contributed by atoms with Crippen molar-refractivity contribution in [2.45, 2.75) is 29.4 Å². The molecule has 120 valence electrons. The molecule has 0 aliphatic carbocycles. The summed E-state index contributed by atoms with van der Waals surface area (Å²) in [6.07, 6.45) is 2.19. The number of carbonyl (C=O) groups is 1. The molecule has 1 aliphatic rings. The van der Waals surface area contributed by atoms with Crippen LogP contribution in [0.25, 0.3) is 0 Å². The molecule has 1 amide bonds. The highest BCUT2D eigenvalue weighted by Crippen LogP contribution is 2.30. The van der Waals surface area contributed by atoms with Crippen LogP contribution in [0.15, 0.2) is 58.6 Å². The van der Waals surface area contributed by atoms with Gasteiger partial charge in [-0.25, -0.2) is 4.98 Å². The van der Waals surface area contributed by atoms with E-state index in [4.69, 9.17) is 0 Å². The molecule has 2 unspecified atom stereocenters. The molecule has 0 bridgehead atoms. The fourth-order valence-corrected chi connectivity index (χ4v) is 3.67. The van der Waals surface area contributed by atoms with Crippen LogP contribution in [0.1, 0.15) is 23.7 Å².